The monoisotopic (exact) mass is 311 g/mol. The Morgan fingerprint density at radius 1 is 1.56 bits per heavy atom. The van der Waals surface area contributed by atoms with E-state index in [2.05, 4.69) is 16.6 Å². The van der Waals surface area contributed by atoms with E-state index in [0.29, 0.717) is 11.8 Å². The van der Waals surface area contributed by atoms with Crippen LogP contribution in [0.15, 0.2) is 12.4 Å². The van der Waals surface area contributed by atoms with Gasteiger partial charge in [0.1, 0.15) is 0 Å². The van der Waals surface area contributed by atoms with Crippen molar-refractivity contribution in [1.82, 2.24) is 15.1 Å². The molecule has 7 heteroatoms. The van der Waals surface area contributed by atoms with E-state index in [0.717, 1.165) is 18.8 Å². The molecule has 0 amide bonds. The Balaban J connectivity index is 0.00000144. The summed E-state index contributed by atoms with van der Waals surface area (Å²) in [4.78, 5) is 11.0. The predicted octanol–water partition coefficient (Wildman–Crippen LogP) is 1.85. The third-order valence-corrected chi connectivity index (χ3v) is 3.99. The Bertz CT molecular complexity index is 386. The van der Waals surface area contributed by atoms with Crippen molar-refractivity contribution < 1.29 is 4.79 Å². The van der Waals surface area contributed by atoms with Gasteiger partial charge in [0.25, 0.3) is 0 Å². The fourth-order valence-corrected chi connectivity index (χ4v) is 2.95. The molecule has 0 bridgehead atoms. The van der Waals surface area contributed by atoms with Gasteiger partial charge in [0.15, 0.2) is 5.12 Å². The first kappa shape index (κ1) is 17.8. The molecular formula is C11H19Cl2N3OS. The van der Waals surface area contributed by atoms with Crippen LogP contribution in [0.1, 0.15) is 18.4 Å². The Hall–Kier alpha value is -0.230. The summed E-state index contributed by atoms with van der Waals surface area (Å²) in [6, 6.07) is 0. The van der Waals surface area contributed by atoms with Gasteiger partial charge in [0, 0.05) is 38.4 Å². The van der Waals surface area contributed by atoms with E-state index in [-0.39, 0.29) is 29.9 Å². The summed E-state index contributed by atoms with van der Waals surface area (Å²) in [7, 11) is 1.94. The van der Waals surface area contributed by atoms with Gasteiger partial charge in [-0.1, -0.05) is 11.8 Å². The number of hydrogen-bond donors (Lipinski definition) is 1. The second-order valence-corrected chi connectivity index (χ2v) is 5.47. The molecular weight excluding hydrogens is 293 g/mol. The van der Waals surface area contributed by atoms with Gasteiger partial charge in [-0.15, -0.1) is 24.8 Å². The largest absolute Gasteiger partial charge is 0.316 e. The highest BCUT2D eigenvalue weighted by Gasteiger charge is 2.29. The molecule has 2 atom stereocenters. The number of nitrogens with one attached hydrogen (secondary N) is 1. The summed E-state index contributed by atoms with van der Waals surface area (Å²) in [5, 5.41) is 7.80. The van der Waals surface area contributed by atoms with Crippen molar-refractivity contribution >= 4 is 41.7 Å². The minimum absolute atomic E-state index is 0. The van der Waals surface area contributed by atoms with E-state index in [1.54, 1.807) is 6.92 Å². The Kier molecular flexibility index (Phi) is 7.94. The maximum absolute atomic E-state index is 11.0. The normalized spacial score (nSPS) is 22.1. The number of carbonyl (C=O) groups is 1. The average molecular weight is 312 g/mol. The Labute approximate surface area is 124 Å². The third-order valence-electron chi connectivity index (χ3n) is 2.99. The number of halogens is 2. The van der Waals surface area contributed by atoms with Crippen molar-refractivity contribution in [3.63, 3.8) is 0 Å². The molecule has 1 aromatic heterocycles. The topological polar surface area (TPSA) is 46.9 Å². The standard InChI is InChI=1S/C11H17N3OS.2ClH/c1-8(15)16-7-10-3-12-5-11(10)9-4-13-14(2)6-9;;/h4,6,10-12H,3,5,7H2,1-2H3;2*1H. The first-order valence-corrected chi connectivity index (χ1v) is 6.48. The highest BCUT2D eigenvalue weighted by molar-refractivity contribution is 8.13. The van der Waals surface area contributed by atoms with Gasteiger partial charge in [-0.05, 0) is 18.0 Å². The van der Waals surface area contributed by atoms with Gasteiger partial charge in [0.2, 0.25) is 0 Å². The van der Waals surface area contributed by atoms with Crippen molar-refractivity contribution in [2.24, 2.45) is 13.0 Å². The summed E-state index contributed by atoms with van der Waals surface area (Å²) in [6.07, 6.45) is 4.01. The second kappa shape index (κ2) is 8.04. The zero-order valence-corrected chi connectivity index (χ0v) is 12.9. The maximum atomic E-state index is 11.0. The van der Waals surface area contributed by atoms with Crippen LogP contribution in [0.4, 0.5) is 0 Å². The molecule has 0 aliphatic carbocycles. The molecule has 1 aromatic rings. The van der Waals surface area contributed by atoms with Gasteiger partial charge in [0.05, 0.1) is 6.20 Å². The van der Waals surface area contributed by atoms with E-state index in [9.17, 15) is 4.79 Å². The molecule has 0 aromatic carbocycles. The Morgan fingerprint density at radius 3 is 2.83 bits per heavy atom. The van der Waals surface area contributed by atoms with Crippen LogP contribution in [0.25, 0.3) is 0 Å². The van der Waals surface area contributed by atoms with E-state index in [4.69, 9.17) is 0 Å². The van der Waals surface area contributed by atoms with Gasteiger partial charge in [-0.3, -0.25) is 9.48 Å². The summed E-state index contributed by atoms with van der Waals surface area (Å²) >= 11 is 1.43. The van der Waals surface area contributed by atoms with Crippen molar-refractivity contribution in [2.75, 3.05) is 18.8 Å². The Morgan fingerprint density at radius 2 is 2.28 bits per heavy atom. The van der Waals surface area contributed by atoms with Crippen LogP contribution in [0, 0.1) is 5.92 Å². The van der Waals surface area contributed by atoms with Gasteiger partial charge in [-0.2, -0.15) is 5.10 Å². The van der Waals surface area contributed by atoms with E-state index in [1.165, 1.54) is 17.3 Å². The molecule has 2 unspecified atom stereocenters. The van der Waals surface area contributed by atoms with E-state index < -0.39 is 0 Å². The first-order valence-electron chi connectivity index (χ1n) is 5.49. The summed E-state index contributed by atoms with van der Waals surface area (Å²) in [5.41, 5.74) is 1.28. The van der Waals surface area contributed by atoms with Gasteiger partial charge < -0.3 is 5.32 Å². The minimum Gasteiger partial charge on any atom is -0.316 e. The van der Waals surface area contributed by atoms with Crippen LogP contribution in [-0.4, -0.2) is 33.7 Å². The summed E-state index contributed by atoms with van der Waals surface area (Å²) in [5.74, 6) is 1.95. The average Bonchev–Trinajstić information content (AvgIpc) is 2.82. The molecule has 4 nitrogen and oxygen atoms in total. The van der Waals surface area contributed by atoms with Crippen LogP contribution in [0.5, 0.6) is 0 Å². The smallest absolute Gasteiger partial charge is 0.185 e. The van der Waals surface area contributed by atoms with Crippen molar-refractivity contribution in [3.05, 3.63) is 18.0 Å². The lowest BCUT2D eigenvalue weighted by Crippen LogP contribution is -2.14. The molecule has 18 heavy (non-hydrogen) atoms. The summed E-state index contributed by atoms with van der Waals surface area (Å²) < 4.78 is 1.84. The molecule has 1 fully saturated rings. The third kappa shape index (κ3) is 4.46. The van der Waals surface area contributed by atoms with Crippen LogP contribution in [-0.2, 0) is 11.8 Å². The second-order valence-electron chi connectivity index (χ2n) is 4.27. The van der Waals surface area contributed by atoms with Crippen LogP contribution in [0.3, 0.4) is 0 Å². The lowest BCUT2D eigenvalue weighted by molar-refractivity contribution is -0.109. The fraction of sp³-hybridized carbons (Fsp3) is 0.636. The van der Waals surface area contributed by atoms with E-state index >= 15 is 0 Å². The first-order chi connectivity index (χ1) is 7.66. The summed E-state index contributed by atoms with van der Waals surface area (Å²) in [6.45, 7) is 3.63. The van der Waals surface area contributed by atoms with Crippen molar-refractivity contribution in [2.45, 2.75) is 12.8 Å². The number of thioether (sulfide) groups is 1. The van der Waals surface area contributed by atoms with Crippen LogP contribution < -0.4 is 5.32 Å². The van der Waals surface area contributed by atoms with E-state index in [1.807, 2.05) is 17.9 Å². The van der Waals surface area contributed by atoms with Gasteiger partial charge >= 0.3 is 0 Å². The molecule has 104 valence electrons. The molecule has 1 aliphatic heterocycles. The van der Waals surface area contributed by atoms with Crippen LogP contribution in [0.2, 0.25) is 0 Å². The maximum Gasteiger partial charge on any atom is 0.185 e. The van der Waals surface area contributed by atoms with Crippen LogP contribution >= 0.6 is 36.6 Å². The number of aryl methyl sites for hydroxylation is 1. The number of rotatable bonds is 3. The molecule has 0 radical (unpaired) electrons. The number of aromatic nitrogens is 2. The zero-order chi connectivity index (χ0) is 11.5. The molecule has 2 rings (SSSR count). The lowest BCUT2D eigenvalue weighted by atomic mass is 9.92. The lowest BCUT2D eigenvalue weighted by Gasteiger charge is -2.15. The molecule has 1 aliphatic rings. The minimum atomic E-state index is 0. The number of carbonyl (C=O) groups excluding carboxylic acids is 1. The molecule has 0 spiro atoms. The SMILES string of the molecule is CC(=O)SCC1CNCC1c1cnn(C)c1.Cl.Cl. The molecule has 0 saturated carbocycles. The quantitative estimate of drug-likeness (QED) is 0.925. The highest BCUT2D eigenvalue weighted by atomic mass is 35.5. The predicted molar refractivity (Wildman–Crippen MR) is 79.9 cm³/mol. The van der Waals surface area contributed by atoms with Gasteiger partial charge in [-0.25, -0.2) is 0 Å². The molecule has 1 N–H and O–H groups in total. The highest BCUT2D eigenvalue weighted by Crippen LogP contribution is 2.30. The molecule has 1 saturated heterocycles. The number of hydrogen-bond acceptors (Lipinski definition) is 4. The number of nitrogens with zero attached hydrogens (tertiary/aromatic N) is 2. The molecule has 2 heterocycles. The van der Waals surface area contributed by atoms with Crippen molar-refractivity contribution in [1.29, 1.82) is 0 Å². The van der Waals surface area contributed by atoms with Crippen molar-refractivity contribution in [3.8, 4) is 0 Å². The zero-order valence-electron chi connectivity index (χ0n) is 10.5. The fourth-order valence-electron chi connectivity index (χ4n) is 2.15.